The van der Waals surface area contributed by atoms with Crippen LogP contribution >= 0.6 is 11.3 Å². The van der Waals surface area contributed by atoms with Crippen molar-refractivity contribution in [1.82, 2.24) is 4.98 Å². The predicted molar refractivity (Wildman–Crippen MR) is 94.5 cm³/mol. The molecule has 5 heteroatoms. The highest BCUT2D eigenvalue weighted by Gasteiger charge is 2.10. The average Bonchev–Trinajstić information content (AvgIpc) is 2.87. The molecule has 0 amide bonds. The topological polar surface area (TPSA) is 46.5 Å². The molecule has 0 bridgehead atoms. The lowest BCUT2D eigenvalue weighted by Crippen LogP contribution is -2.02. The molecule has 0 unspecified atom stereocenters. The van der Waals surface area contributed by atoms with Crippen LogP contribution in [0.2, 0.25) is 0 Å². The number of thiazole rings is 1. The van der Waals surface area contributed by atoms with Crippen molar-refractivity contribution in [3.05, 3.63) is 39.9 Å². The average molecular weight is 317 g/mol. The molecule has 2 rings (SSSR count). The van der Waals surface area contributed by atoms with Gasteiger partial charge in [0.05, 0.1) is 18.5 Å². The highest BCUT2D eigenvalue weighted by Crippen LogP contribution is 2.29. The van der Waals surface area contributed by atoms with Crippen molar-refractivity contribution in [3.63, 3.8) is 0 Å². The minimum Gasteiger partial charge on any atom is -0.494 e. The van der Waals surface area contributed by atoms with E-state index in [0.29, 0.717) is 12.5 Å². The van der Waals surface area contributed by atoms with Gasteiger partial charge in [-0.2, -0.15) is 5.10 Å². The number of hydrogen-bond acceptors (Lipinski definition) is 5. The van der Waals surface area contributed by atoms with E-state index >= 15 is 0 Å². The Balaban J connectivity index is 2.21. The third-order valence-electron chi connectivity index (χ3n) is 3.30. The third kappa shape index (κ3) is 4.07. The van der Waals surface area contributed by atoms with Gasteiger partial charge in [-0.05, 0) is 55.5 Å². The molecule has 1 aromatic carbocycles. The standard InChI is InChI=1S/C17H23N3OS/c1-6-21-16-7-12(4)14(8-15(16)11(2)3)9-18-20-17-19-13(5)10-22-17/h7-11H,6H2,1-5H3,(H,19,20). The van der Waals surface area contributed by atoms with Gasteiger partial charge in [-0.25, -0.2) is 4.98 Å². The summed E-state index contributed by atoms with van der Waals surface area (Å²) in [5, 5.41) is 7.10. The molecule has 0 atom stereocenters. The summed E-state index contributed by atoms with van der Waals surface area (Å²) in [4.78, 5) is 4.32. The Kier molecular flexibility index (Phi) is 5.55. The molecule has 1 N–H and O–H groups in total. The summed E-state index contributed by atoms with van der Waals surface area (Å²) in [6.07, 6.45) is 1.84. The van der Waals surface area contributed by atoms with Gasteiger partial charge in [-0.1, -0.05) is 13.8 Å². The maximum atomic E-state index is 5.74. The number of nitrogens with zero attached hydrogens (tertiary/aromatic N) is 2. The van der Waals surface area contributed by atoms with Crippen molar-refractivity contribution in [1.29, 1.82) is 0 Å². The van der Waals surface area contributed by atoms with Crippen molar-refractivity contribution in [2.75, 3.05) is 12.0 Å². The van der Waals surface area contributed by atoms with E-state index in [1.54, 1.807) is 11.3 Å². The fourth-order valence-corrected chi connectivity index (χ4v) is 2.79. The number of aromatic nitrogens is 1. The summed E-state index contributed by atoms with van der Waals surface area (Å²) < 4.78 is 5.74. The van der Waals surface area contributed by atoms with Crippen molar-refractivity contribution in [3.8, 4) is 5.75 Å². The van der Waals surface area contributed by atoms with Gasteiger partial charge in [0.25, 0.3) is 0 Å². The first-order valence-corrected chi connectivity index (χ1v) is 8.37. The van der Waals surface area contributed by atoms with Gasteiger partial charge in [-0.3, -0.25) is 5.43 Å². The molecule has 118 valence electrons. The molecule has 0 aliphatic heterocycles. The second-order valence-electron chi connectivity index (χ2n) is 5.50. The maximum Gasteiger partial charge on any atom is 0.203 e. The van der Waals surface area contributed by atoms with Crippen LogP contribution in [0.1, 0.15) is 49.1 Å². The van der Waals surface area contributed by atoms with Gasteiger partial charge in [0.15, 0.2) is 0 Å². The van der Waals surface area contributed by atoms with Crippen LogP contribution in [-0.2, 0) is 0 Å². The SMILES string of the molecule is CCOc1cc(C)c(C=NNc2nc(C)cs2)cc1C(C)C. The van der Waals surface area contributed by atoms with E-state index in [9.17, 15) is 0 Å². The monoisotopic (exact) mass is 317 g/mol. The van der Waals surface area contributed by atoms with Crippen LogP contribution in [0.5, 0.6) is 5.75 Å². The van der Waals surface area contributed by atoms with E-state index < -0.39 is 0 Å². The summed E-state index contributed by atoms with van der Waals surface area (Å²) in [6, 6.07) is 4.25. The van der Waals surface area contributed by atoms with Gasteiger partial charge < -0.3 is 4.74 Å². The Morgan fingerprint density at radius 2 is 2.14 bits per heavy atom. The smallest absolute Gasteiger partial charge is 0.203 e. The number of nitrogens with one attached hydrogen (secondary N) is 1. The van der Waals surface area contributed by atoms with E-state index in [0.717, 1.165) is 27.7 Å². The summed E-state index contributed by atoms with van der Waals surface area (Å²) in [5.41, 5.74) is 7.42. The lowest BCUT2D eigenvalue weighted by atomic mass is 9.97. The van der Waals surface area contributed by atoms with E-state index in [1.165, 1.54) is 5.56 Å². The highest BCUT2D eigenvalue weighted by atomic mass is 32.1. The lowest BCUT2D eigenvalue weighted by molar-refractivity contribution is 0.335. The van der Waals surface area contributed by atoms with Crippen molar-refractivity contribution >= 4 is 22.7 Å². The second kappa shape index (κ2) is 7.40. The Morgan fingerprint density at radius 1 is 1.36 bits per heavy atom. The number of ether oxygens (including phenoxy) is 1. The quantitative estimate of drug-likeness (QED) is 0.619. The normalized spacial score (nSPS) is 11.4. The summed E-state index contributed by atoms with van der Waals surface area (Å²) in [6.45, 7) is 11.1. The summed E-state index contributed by atoms with van der Waals surface area (Å²) in [5.74, 6) is 1.37. The fourth-order valence-electron chi connectivity index (χ4n) is 2.15. The summed E-state index contributed by atoms with van der Waals surface area (Å²) in [7, 11) is 0. The molecular weight excluding hydrogens is 294 g/mol. The van der Waals surface area contributed by atoms with E-state index in [1.807, 2.05) is 25.4 Å². The molecule has 0 radical (unpaired) electrons. The maximum absolute atomic E-state index is 5.74. The number of benzene rings is 1. The lowest BCUT2D eigenvalue weighted by Gasteiger charge is -2.15. The number of hydrogen-bond donors (Lipinski definition) is 1. The molecule has 0 saturated heterocycles. The van der Waals surface area contributed by atoms with Gasteiger partial charge in [-0.15, -0.1) is 11.3 Å². The third-order valence-corrected chi connectivity index (χ3v) is 4.17. The predicted octanol–water partition coefficient (Wildman–Crippen LogP) is 4.73. The first kappa shape index (κ1) is 16.5. The Morgan fingerprint density at radius 3 is 2.73 bits per heavy atom. The van der Waals surface area contributed by atoms with Gasteiger partial charge in [0.1, 0.15) is 5.75 Å². The molecule has 0 spiro atoms. The van der Waals surface area contributed by atoms with Crippen molar-refractivity contribution in [2.24, 2.45) is 5.10 Å². The number of aryl methyl sites for hydroxylation is 2. The molecule has 0 aliphatic carbocycles. The van der Waals surface area contributed by atoms with Crippen LogP contribution in [0.3, 0.4) is 0 Å². The number of hydrazone groups is 1. The fraction of sp³-hybridized carbons (Fsp3) is 0.412. The van der Waals surface area contributed by atoms with Crippen LogP contribution in [0.25, 0.3) is 0 Å². The van der Waals surface area contributed by atoms with Gasteiger partial charge >= 0.3 is 0 Å². The minimum absolute atomic E-state index is 0.406. The van der Waals surface area contributed by atoms with Crippen LogP contribution < -0.4 is 10.2 Å². The Hall–Kier alpha value is -1.88. The zero-order chi connectivity index (χ0) is 16.1. The molecule has 1 heterocycles. The molecular formula is C17H23N3OS. The molecule has 0 fully saturated rings. The largest absolute Gasteiger partial charge is 0.494 e. The van der Waals surface area contributed by atoms with Gasteiger partial charge in [0, 0.05) is 5.38 Å². The minimum atomic E-state index is 0.406. The Bertz CT molecular complexity index is 662. The van der Waals surface area contributed by atoms with E-state index in [2.05, 4.69) is 48.4 Å². The zero-order valence-electron chi connectivity index (χ0n) is 13.8. The zero-order valence-corrected chi connectivity index (χ0v) is 14.6. The van der Waals surface area contributed by atoms with Crippen LogP contribution in [0.15, 0.2) is 22.6 Å². The van der Waals surface area contributed by atoms with Gasteiger partial charge in [0.2, 0.25) is 5.13 Å². The summed E-state index contributed by atoms with van der Waals surface area (Å²) >= 11 is 1.55. The van der Waals surface area contributed by atoms with Crippen LogP contribution in [0.4, 0.5) is 5.13 Å². The molecule has 4 nitrogen and oxygen atoms in total. The molecule has 2 aromatic rings. The van der Waals surface area contributed by atoms with Crippen molar-refractivity contribution < 1.29 is 4.74 Å². The first-order valence-electron chi connectivity index (χ1n) is 7.49. The first-order chi connectivity index (χ1) is 10.5. The van der Waals surface area contributed by atoms with E-state index in [-0.39, 0.29) is 0 Å². The second-order valence-corrected chi connectivity index (χ2v) is 6.36. The molecule has 22 heavy (non-hydrogen) atoms. The van der Waals surface area contributed by atoms with Crippen molar-refractivity contribution in [2.45, 2.75) is 40.5 Å². The van der Waals surface area contributed by atoms with Crippen LogP contribution in [-0.4, -0.2) is 17.8 Å². The number of rotatable bonds is 6. The molecule has 1 aromatic heterocycles. The van der Waals surface area contributed by atoms with E-state index in [4.69, 9.17) is 4.74 Å². The molecule has 0 aliphatic rings. The highest BCUT2D eigenvalue weighted by molar-refractivity contribution is 7.13. The number of anilines is 1. The Labute approximate surface area is 136 Å². The molecule has 0 saturated carbocycles. The van der Waals surface area contributed by atoms with Crippen LogP contribution in [0, 0.1) is 13.8 Å².